The zero-order valence-corrected chi connectivity index (χ0v) is 13.5. The average molecular weight is 342 g/mol. The summed E-state index contributed by atoms with van der Waals surface area (Å²) in [7, 11) is 0. The topological polar surface area (TPSA) is 117 Å². The summed E-state index contributed by atoms with van der Waals surface area (Å²) >= 11 is 1.42. The minimum atomic E-state index is -2.04. The third-order valence-electron chi connectivity index (χ3n) is 3.17. The van der Waals surface area contributed by atoms with Crippen LogP contribution in [0.4, 0.5) is 10.5 Å². The number of urea groups is 1. The Labute approximate surface area is 137 Å². The van der Waals surface area contributed by atoms with Gasteiger partial charge in [-0.05, 0) is 19.2 Å². The Bertz CT molecular complexity index is 620. The molecule has 0 fully saturated rings. The number of ether oxygens (including phenoxy) is 2. The number of hydrogen-bond acceptors (Lipinski definition) is 6. The Morgan fingerprint density at radius 3 is 2.48 bits per heavy atom. The van der Waals surface area contributed by atoms with Crippen molar-refractivity contribution in [3.8, 4) is 11.5 Å². The summed E-state index contributed by atoms with van der Waals surface area (Å²) in [5.41, 5.74) is -1.53. The van der Waals surface area contributed by atoms with Gasteiger partial charge in [0.1, 0.15) is 13.2 Å². The summed E-state index contributed by atoms with van der Waals surface area (Å²) in [6, 6.07) is 2.79. The highest BCUT2D eigenvalue weighted by atomic mass is 32.2. The summed E-state index contributed by atoms with van der Waals surface area (Å²) < 4.78 is 10.9. The number of carboxylic acid groups (broad SMARTS) is 1. The lowest BCUT2D eigenvalue weighted by Crippen LogP contribution is -2.47. The third kappa shape index (κ3) is 4.20. The number of aliphatic carboxylic acids is 1. The van der Waals surface area contributed by atoms with Crippen molar-refractivity contribution in [1.82, 2.24) is 5.32 Å². The molecule has 1 unspecified atom stereocenters. The molecule has 2 amide bonds. The van der Waals surface area contributed by atoms with Gasteiger partial charge in [-0.15, -0.1) is 11.8 Å². The molecule has 1 atom stereocenters. The molecule has 0 bridgehead atoms. The van der Waals surface area contributed by atoms with Gasteiger partial charge >= 0.3 is 12.0 Å². The monoisotopic (exact) mass is 342 g/mol. The number of rotatable bonds is 5. The zero-order valence-electron chi connectivity index (χ0n) is 12.7. The normalized spacial score (nSPS) is 15.4. The van der Waals surface area contributed by atoms with Crippen molar-refractivity contribution < 1.29 is 29.3 Å². The number of benzene rings is 1. The fourth-order valence-corrected chi connectivity index (χ4v) is 2.39. The standard InChI is InChI=1S/C14H18N2O6S/c1-14(20,12(17)18)7-15-13(19)16-8-5-9-10(6-11(8)23-2)22-4-3-21-9/h5-6,20H,3-4,7H2,1-2H3,(H,17,18)(H2,15,16,19). The number of nitrogens with one attached hydrogen (secondary N) is 2. The predicted molar refractivity (Wildman–Crippen MR) is 84.5 cm³/mol. The molecule has 1 aromatic carbocycles. The molecule has 9 heteroatoms. The quantitative estimate of drug-likeness (QED) is 0.593. The molecule has 4 N–H and O–H groups in total. The van der Waals surface area contributed by atoms with Gasteiger partial charge in [0, 0.05) is 11.0 Å². The molecular weight excluding hydrogens is 324 g/mol. The van der Waals surface area contributed by atoms with Crippen molar-refractivity contribution in [2.45, 2.75) is 17.4 Å². The number of anilines is 1. The number of fused-ring (bicyclic) bond motifs is 1. The van der Waals surface area contributed by atoms with Crippen LogP contribution in [0.1, 0.15) is 6.92 Å². The summed E-state index contributed by atoms with van der Waals surface area (Å²) in [6.07, 6.45) is 1.85. The van der Waals surface area contributed by atoms with Crippen molar-refractivity contribution >= 4 is 29.4 Å². The van der Waals surface area contributed by atoms with E-state index in [2.05, 4.69) is 10.6 Å². The number of carbonyl (C=O) groups is 2. The van der Waals surface area contributed by atoms with Gasteiger partial charge in [-0.3, -0.25) is 0 Å². The summed E-state index contributed by atoms with van der Waals surface area (Å²) in [5.74, 6) is -0.274. The van der Waals surface area contributed by atoms with E-state index in [1.807, 2.05) is 6.26 Å². The maximum absolute atomic E-state index is 11.9. The Balaban J connectivity index is 2.07. The number of thioether (sulfide) groups is 1. The van der Waals surface area contributed by atoms with Crippen LogP contribution in [0.2, 0.25) is 0 Å². The highest BCUT2D eigenvalue weighted by Gasteiger charge is 2.30. The second kappa shape index (κ2) is 6.97. The average Bonchev–Trinajstić information content (AvgIpc) is 2.52. The number of aliphatic hydroxyl groups is 1. The first-order valence-corrected chi connectivity index (χ1v) is 8.04. The van der Waals surface area contributed by atoms with E-state index in [4.69, 9.17) is 14.6 Å². The maximum atomic E-state index is 11.9. The van der Waals surface area contributed by atoms with Gasteiger partial charge in [-0.1, -0.05) is 0 Å². The lowest BCUT2D eigenvalue weighted by molar-refractivity contribution is -0.155. The van der Waals surface area contributed by atoms with Crippen molar-refractivity contribution in [3.63, 3.8) is 0 Å². The van der Waals surface area contributed by atoms with Crippen molar-refractivity contribution in [2.75, 3.05) is 31.3 Å². The van der Waals surface area contributed by atoms with Crippen LogP contribution in [0.25, 0.3) is 0 Å². The molecule has 0 spiro atoms. The Kier molecular flexibility index (Phi) is 5.22. The Morgan fingerprint density at radius 1 is 1.30 bits per heavy atom. The van der Waals surface area contributed by atoms with Gasteiger partial charge in [0.2, 0.25) is 0 Å². The van der Waals surface area contributed by atoms with E-state index in [-0.39, 0.29) is 0 Å². The van der Waals surface area contributed by atoms with Crippen LogP contribution in [-0.4, -0.2) is 53.8 Å². The largest absolute Gasteiger partial charge is 0.486 e. The molecule has 0 saturated heterocycles. The molecule has 0 saturated carbocycles. The zero-order chi connectivity index (χ0) is 17.0. The van der Waals surface area contributed by atoms with E-state index in [1.54, 1.807) is 12.1 Å². The van der Waals surface area contributed by atoms with Crippen LogP contribution < -0.4 is 20.1 Å². The van der Waals surface area contributed by atoms with E-state index in [1.165, 1.54) is 11.8 Å². The fraction of sp³-hybridized carbons (Fsp3) is 0.429. The molecule has 0 aliphatic carbocycles. The van der Waals surface area contributed by atoms with Crippen LogP contribution in [0.3, 0.4) is 0 Å². The Morgan fingerprint density at radius 2 is 1.91 bits per heavy atom. The minimum absolute atomic E-state index is 0.423. The van der Waals surface area contributed by atoms with E-state index < -0.39 is 24.1 Å². The molecule has 126 valence electrons. The van der Waals surface area contributed by atoms with Crippen LogP contribution in [-0.2, 0) is 4.79 Å². The summed E-state index contributed by atoms with van der Waals surface area (Å²) in [6.45, 7) is 1.58. The molecule has 1 aromatic rings. The van der Waals surface area contributed by atoms with Gasteiger partial charge < -0.3 is 30.3 Å². The summed E-state index contributed by atoms with van der Waals surface area (Å²) in [5, 5.41) is 23.3. The SMILES string of the molecule is CSc1cc2c(cc1NC(=O)NCC(C)(O)C(=O)O)OCCO2. The molecule has 8 nitrogen and oxygen atoms in total. The number of hydrogen-bond donors (Lipinski definition) is 4. The van der Waals surface area contributed by atoms with E-state index in [0.717, 1.165) is 11.8 Å². The number of amides is 2. The van der Waals surface area contributed by atoms with Crippen LogP contribution in [0, 0.1) is 0 Å². The molecule has 1 heterocycles. The lowest BCUT2D eigenvalue weighted by Gasteiger charge is -2.22. The maximum Gasteiger partial charge on any atom is 0.337 e. The van der Waals surface area contributed by atoms with Crippen molar-refractivity contribution in [2.24, 2.45) is 0 Å². The Hall–Kier alpha value is -2.13. The molecule has 0 radical (unpaired) electrons. The number of carboxylic acids is 1. The molecule has 1 aliphatic rings. The lowest BCUT2D eigenvalue weighted by atomic mass is 10.1. The number of carbonyl (C=O) groups excluding carboxylic acids is 1. The molecule has 1 aliphatic heterocycles. The molecule has 23 heavy (non-hydrogen) atoms. The van der Waals surface area contributed by atoms with Gasteiger partial charge in [-0.2, -0.15) is 0 Å². The van der Waals surface area contributed by atoms with E-state index >= 15 is 0 Å². The van der Waals surface area contributed by atoms with Crippen LogP contribution in [0.15, 0.2) is 17.0 Å². The highest BCUT2D eigenvalue weighted by molar-refractivity contribution is 7.98. The van der Waals surface area contributed by atoms with Crippen molar-refractivity contribution in [3.05, 3.63) is 12.1 Å². The second-order valence-corrected chi connectivity index (χ2v) is 5.93. The van der Waals surface area contributed by atoms with Crippen LogP contribution >= 0.6 is 11.8 Å². The second-order valence-electron chi connectivity index (χ2n) is 5.08. The van der Waals surface area contributed by atoms with Crippen molar-refractivity contribution in [1.29, 1.82) is 0 Å². The summed E-state index contributed by atoms with van der Waals surface area (Å²) in [4.78, 5) is 23.5. The van der Waals surface area contributed by atoms with Gasteiger partial charge in [-0.25, -0.2) is 9.59 Å². The molecule has 0 aromatic heterocycles. The van der Waals surface area contributed by atoms with Gasteiger partial charge in [0.05, 0.1) is 12.2 Å². The predicted octanol–water partition coefficient (Wildman–Crippen LogP) is 1.14. The third-order valence-corrected chi connectivity index (χ3v) is 3.94. The van der Waals surface area contributed by atoms with Gasteiger partial charge in [0.15, 0.2) is 17.1 Å². The fourth-order valence-electron chi connectivity index (χ4n) is 1.83. The van der Waals surface area contributed by atoms with E-state index in [0.29, 0.717) is 30.4 Å². The smallest absolute Gasteiger partial charge is 0.337 e. The molecular formula is C14H18N2O6S. The van der Waals surface area contributed by atoms with Gasteiger partial charge in [0.25, 0.3) is 0 Å². The van der Waals surface area contributed by atoms with Crippen LogP contribution in [0.5, 0.6) is 11.5 Å². The minimum Gasteiger partial charge on any atom is -0.486 e. The first kappa shape index (κ1) is 17.2. The first-order chi connectivity index (χ1) is 10.8. The van der Waals surface area contributed by atoms with E-state index in [9.17, 15) is 14.7 Å². The molecule has 2 rings (SSSR count). The first-order valence-electron chi connectivity index (χ1n) is 6.82. The highest BCUT2D eigenvalue weighted by Crippen LogP contribution is 2.39.